The van der Waals surface area contributed by atoms with E-state index in [0.29, 0.717) is 6.07 Å². The highest BCUT2D eigenvalue weighted by Gasteiger charge is 2.35. The minimum absolute atomic E-state index is 0.462. The van der Waals surface area contributed by atoms with Gasteiger partial charge in [-0.25, -0.2) is 0 Å². The third-order valence-electron chi connectivity index (χ3n) is 1.76. The number of aromatic hydroxyl groups is 1. The van der Waals surface area contributed by atoms with E-state index in [0.717, 1.165) is 0 Å². The van der Waals surface area contributed by atoms with Gasteiger partial charge in [-0.05, 0) is 4.92 Å². The van der Waals surface area contributed by atoms with Crippen LogP contribution in [0.5, 0.6) is 11.6 Å². The molecule has 19 heavy (non-hydrogen) atoms. The Bertz CT molecular complexity index is 530. The molecule has 1 aromatic heterocycles. The molecule has 0 aliphatic carbocycles. The van der Waals surface area contributed by atoms with E-state index in [4.69, 9.17) is 5.11 Å². The SMILES string of the molecule is O=C(O)Cc1cc(OC(F)(F)F)nc([N+](=O)[O-])c1O. The number of hydrogen-bond acceptors (Lipinski definition) is 6. The molecule has 11 heteroatoms. The number of ether oxygens (including phenoxy) is 1. The van der Waals surface area contributed by atoms with E-state index in [2.05, 4.69) is 9.72 Å². The topological polar surface area (TPSA) is 123 Å². The summed E-state index contributed by atoms with van der Waals surface area (Å²) in [5, 5.41) is 28.3. The number of carbonyl (C=O) groups is 1. The predicted octanol–water partition coefficient (Wildman–Crippen LogP) is 1.22. The summed E-state index contributed by atoms with van der Waals surface area (Å²) in [7, 11) is 0. The molecule has 0 amide bonds. The van der Waals surface area contributed by atoms with E-state index in [1.165, 1.54) is 0 Å². The minimum Gasteiger partial charge on any atom is -0.501 e. The van der Waals surface area contributed by atoms with Crippen LogP contribution in [0.15, 0.2) is 6.07 Å². The van der Waals surface area contributed by atoms with E-state index in [1.807, 2.05) is 0 Å². The maximum Gasteiger partial charge on any atom is 0.575 e. The van der Waals surface area contributed by atoms with Gasteiger partial charge in [-0.15, -0.1) is 13.2 Å². The minimum atomic E-state index is -5.15. The summed E-state index contributed by atoms with van der Waals surface area (Å²) in [6.07, 6.45) is -6.08. The summed E-state index contributed by atoms with van der Waals surface area (Å²) in [6, 6.07) is 0.462. The van der Waals surface area contributed by atoms with Gasteiger partial charge in [0, 0.05) is 16.6 Å². The van der Waals surface area contributed by atoms with E-state index in [1.54, 1.807) is 0 Å². The number of rotatable bonds is 4. The van der Waals surface area contributed by atoms with Crippen LogP contribution in [-0.4, -0.2) is 32.5 Å². The number of hydrogen-bond donors (Lipinski definition) is 2. The van der Waals surface area contributed by atoms with Gasteiger partial charge in [0.05, 0.1) is 6.42 Å². The molecule has 2 N–H and O–H groups in total. The maximum absolute atomic E-state index is 12.0. The number of aromatic nitrogens is 1. The monoisotopic (exact) mass is 282 g/mol. The number of carboxylic acid groups (broad SMARTS) is 1. The molecular formula is C8H5F3N2O6. The van der Waals surface area contributed by atoms with E-state index >= 15 is 0 Å². The van der Waals surface area contributed by atoms with Crippen LogP contribution in [0.3, 0.4) is 0 Å². The molecule has 104 valence electrons. The van der Waals surface area contributed by atoms with Crippen LogP contribution in [0, 0.1) is 10.1 Å². The standard InChI is InChI=1S/C8H5F3N2O6/c9-8(10,11)19-4-1-3(2-5(14)15)6(16)7(12-4)13(17)18/h1,16H,2H2,(H,14,15). The van der Waals surface area contributed by atoms with E-state index < -0.39 is 46.7 Å². The van der Waals surface area contributed by atoms with Crippen LogP contribution in [0.2, 0.25) is 0 Å². The molecule has 0 fully saturated rings. The Morgan fingerprint density at radius 2 is 2.11 bits per heavy atom. The molecule has 0 aliphatic rings. The van der Waals surface area contributed by atoms with Gasteiger partial charge in [-0.2, -0.15) is 0 Å². The van der Waals surface area contributed by atoms with Gasteiger partial charge >= 0.3 is 24.0 Å². The number of alkyl halides is 3. The second-order valence-corrected chi connectivity index (χ2v) is 3.17. The van der Waals surface area contributed by atoms with Gasteiger partial charge in [0.2, 0.25) is 5.75 Å². The molecule has 0 radical (unpaired) electrons. The van der Waals surface area contributed by atoms with Crippen molar-refractivity contribution in [3.05, 3.63) is 21.7 Å². The fourth-order valence-corrected chi connectivity index (χ4v) is 1.15. The van der Waals surface area contributed by atoms with Crippen molar-refractivity contribution < 1.29 is 37.8 Å². The van der Waals surface area contributed by atoms with Crippen molar-refractivity contribution in [2.75, 3.05) is 0 Å². The summed E-state index contributed by atoms with van der Waals surface area (Å²) in [4.78, 5) is 22.5. The van der Waals surface area contributed by atoms with Crippen molar-refractivity contribution >= 4 is 11.8 Å². The first-order valence-corrected chi connectivity index (χ1v) is 4.45. The highest BCUT2D eigenvalue weighted by atomic mass is 19.4. The van der Waals surface area contributed by atoms with Crippen LogP contribution in [0.1, 0.15) is 5.56 Å². The van der Waals surface area contributed by atoms with Gasteiger partial charge in [0.1, 0.15) is 0 Å². The lowest BCUT2D eigenvalue weighted by molar-refractivity contribution is -0.391. The Labute approximate surface area is 102 Å². The van der Waals surface area contributed by atoms with Gasteiger partial charge in [0.15, 0.2) is 0 Å². The highest BCUT2D eigenvalue weighted by Crippen LogP contribution is 2.33. The quantitative estimate of drug-likeness (QED) is 0.628. The van der Waals surface area contributed by atoms with Crippen molar-refractivity contribution in [2.24, 2.45) is 0 Å². The zero-order valence-corrected chi connectivity index (χ0v) is 8.84. The second kappa shape index (κ2) is 4.96. The lowest BCUT2D eigenvalue weighted by Gasteiger charge is -2.07. The maximum atomic E-state index is 12.0. The van der Waals surface area contributed by atoms with Crippen LogP contribution >= 0.6 is 0 Å². The third-order valence-corrected chi connectivity index (χ3v) is 1.76. The zero-order valence-electron chi connectivity index (χ0n) is 8.84. The highest BCUT2D eigenvalue weighted by molar-refractivity contribution is 5.72. The molecule has 1 rings (SSSR count). The summed E-state index contributed by atoms with van der Waals surface area (Å²) in [6.45, 7) is 0. The molecule has 0 aromatic carbocycles. The lowest BCUT2D eigenvalue weighted by atomic mass is 10.1. The number of nitrogens with zero attached hydrogens (tertiary/aromatic N) is 2. The zero-order chi connectivity index (χ0) is 14.8. The molecule has 0 spiro atoms. The molecule has 0 aliphatic heterocycles. The van der Waals surface area contributed by atoms with E-state index in [-0.39, 0.29) is 0 Å². The fourth-order valence-electron chi connectivity index (χ4n) is 1.15. The summed E-state index contributed by atoms with van der Waals surface area (Å²) < 4.78 is 39.2. The molecule has 0 atom stereocenters. The molecule has 0 saturated heterocycles. The van der Waals surface area contributed by atoms with Crippen LogP contribution in [0.4, 0.5) is 19.0 Å². The van der Waals surface area contributed by atoms with Crippen molar-refractivity contribution in [1.82, 2.24) is 4.98 Å². The Morgan fingerprint density at radius 3 is 2.53 bits per heavy atom. The lowest BCUT2D eigenvalue weighted by Crippen LogP contribution is -2.18. The first kappa shape index (κ1) is 14.5. The average molecular weight is 282 g/mol. The average Bonchev–Trinajstić information content (AvgIpc) is 2.19. The third kappa shape index (κ3) is 3.97. The smallest absolute Gasteiger partial charge is 0.501 e. The normalized spacial score (nSPS) is 11.1. The number of aliphatic carboxylic acids is 1. The summed E-state index contributed by atoms with van der Waals surface area (Å²) in [5.74, 6) is -5.18. The Hall–Kier alpha value is -2.59. The van der Waals surface area contributed by atoms with Crippen molar-refractivity contribution in [3.63, 3.8) is 0 Å². The van der Waals surface area contributed by atoms with Crippen LogP contribution in [0.25, 0.3) is 0 Å². The molecule has 0 bridgehead atoms. The molecular weight excluding hydrogens is 277 g/mol. The molecule has 1 heterocycles. The van der Waals surface area contributed by atoms with Crippen molar-refractivity contribution in [2.45, 2.75) is 12.8 Å². The number of pyridine rings is 1. The van der Waals surface area contributed by atoms with Crippen LogP contribution in [-0.2, 0) is 11.2 Å². The Morgan fingerprint density at radius 1 is 1.53 bits per heavy atom. The van der Waals surface area contributed by atoms with Crippen molar-refractivity contribution in [3.8, 4) is 11.6 Å². The van der Waals surface area contributed by atoms with Gasteiger partial charge < -0.3 is 25.1 Å². The Kier molecular flexibility index (Phi) is 3.77. The molecule has 0 unspecified atom stereocenters. The van der Waals surface area contributed by atoms with Crippen molar-refractivity contribution in [1.29, 1.82) is 0 Å². The van der Waals surface area contributed by atoms with Gasteiger partial charge in [-0.3, -0.25) is 4.79 Å². The second-order valence-electron chi connectivity index (χ2n) is 3.17. The van der Waals surface area contributed by atoms with Crippen LogP contribution < -0.4 is 4.74 Å². The molecule has 8 nitrogen and oxygen atoms in total. The first-order valence-electron chi connectivity index (χ1n) is 4.45. The number of halogens is 3. The summed E-state index contributed by atoms with van der Waals surface area (Å²) >= 11 is 0. The molecule has 1 aromatic rings. The first-order chi connectivity index (χ1) is 8.60. The number of nitro groups is 1. The fraction of sp³-hybridized carbons (Fsp3) is 0.250. The number of carboxylic acids is 1. The summed E-state index contributed by atoms with van der Waals surface area (Å²) in [5.41, 5.74) is -0.617. The largest absolute Gasteiger partial charge is 0.575 e. The molecule has 0 saturated carbocycles. The van der Waals surface area contributed by atoms with Gasteiger partial charge in [-0.1, -0.05) is 0 Å². The van der Waals surface area contributed by atoms with Gasteiger partial charge in [0.25, 0.3) is 0 Å². The predicted molar refractivity (Wildman–Crippen MR) is 50.6 cm³/mol. The Balaban J connectivity index is 3.30. The van der Waals surface area contributed by atoms with E-state index in [9.17, 15) is 33.2 Å².